The van der Waals surface area contributed by atoms with Crippen LogP contribution in [0.2, 0.25) is 0 Å². The SMILES string of the molecule is Cl.O=C(c1ccn(C2CCCNC2)n1)N1CCC(n2ccc(C(F)(F)F)n2)CC1. The van der Waals surface area contributed by atoms with E-state index in [1.54, 1.807) is 11.0 Å². The molecule has 1 amide bonds. The Kier molecular flexibility index (Phi) is 6.52. The predicted molar refractivity (Wildman–Crippen MR) is 102 cm³/mol. The topological polar surface area (TPSA) is 68.0 Å². The van der Waals surface area contributed by atoms with Crippen LogP contribution in [0.5, 0.6) is 0 Å². The van der Waals surface area contributed by atoms with Gasteiger partial charge in [0.2, 0.25) is 0 Å². The molecule has 2 aliphatic heterocycles. The van der Waals surface area contributed by atoms with E-state index in [-0.39, 0.29) is 30.4 Å². The number of piperidine rings is 2. The maximum absolute atomic E-state index is 12.7. The second kappa shape index (κ2) is 8.74. The third-order valence-electron chi connectivity index (χ3n) is 5.50. The first-order valence-corrected chi connectivity index (χ1v) is 9.59. The molecule has 4 rings (SSSR count). The van der Waals surface area contributed by atoms with E-state index in [1.165, 1.54) is 10.9 Å². The molecule has 7 nitrogen and oxygen atoms in total. The van der Waals surface area contributed by atoms with Gasteiger partial charge in [-0.05, 0) is 44.4 Å². The number of carbonyl (C=O) groups is 1. The van der Waals surface area contributed by atoms with Gasteiger partial charge >= 0.3 is 6.18 Å². The maximum Gasteiger partial charge on any atom is 0.435 e. The normalized spacial score (nSPS) is 21.1. The fraction of sp³-hybridized carbons (Fsp3) is 0.611. The zero-order chi connectivity index (χ0) is 19.7. The summed E-state index contributed by atoms with van der Waals surface area (Å²) in [4.78, 5) is 14.5. The van der Waals surface area contributed by atoms with Gasteiger partial charge in [0.05, 0.1) is 12.1 Å². The Morgan fingerprint density at radius 2 is 1.72 bits per heavy atom. The van der Waals surface area contributed by atoms with Gasteiger partial charge in [-0.15, -0.1) is 12.4 Å². The van der Waals surface area contributed by atoms with Crippen LogP contribution in [-0.2, 0) is 6.18 Å². The number of rotatable bonds is 3. The number of halogens is 4. The highest BCUT2D eigenvalue weighted by atomic mass is 35.5. The van der Waals surface area contributed by atoms with Gasteiger partial charge in [0, 0.05) is 32.0 Å². The molecule has 2 aliphatic rings. The molecule has 2 saturated heterocycles. The first kappa shape index (κ1) is 21.6. The summed E-state index contributed by atoms with van der Waals surface area (Å²) in [6.45, 7) is 2.81. The summed E-state index contributed by atoms with van der Waals surface area (Å²) in [6, 6.07) is 2.87. The molecule has 2 fully saturated rings. The van der Waals surface area contributed by atoms with Crippen molar-refractivity contribution in [3.05, 3.63) is 35.9 Å². The quantitative estimate of drug-likeness (QED) is 0.809. The smallest absolute Gasteiger partial charge is 0.337 e. The lowest BCUT2D eigenvalue weighted by atomic mass is 10.1. The lowest BCUT2D eigenvalue weighted by Gasteiger charge is -2.31. The fourth-order valence-electron chi connectivity index (χ4n) is 3.90. The number of hydrogen-bond donors (Lipinski definition) is 1. The second-order valence-corrected chi connectivity index (χ2v) is 7.38. The number of nitrogens with zero attached hydrogens (tertiary/aromatic N) is 5. The Labute approximate surface area is 172 Å². The molecule has 1 atom stereocenters. The molecule has 29 heavy (non-hydrogen) atoms. The molecule has 0 aromatic carbocycles. The van der Waals surface area contributed by atoms with Crippen molar-refractivity contribution >= 4 is 18.3 Å². The van der Waals surface area contributed by atoms with Gasteiger partial charge in [0.1, 0.15) is 5.69 Å². The molecule has 4 heterocycles. The molecule has 0 aliphatic carbocycles. The lowest BCUT2D eigenvalue weighted by Crippen LogP contribution is -2.39. The first-order chi connectivity index (χ1) is 13.4. The van der Waals surface area contributed by atoms with E-state index in [0.717, 1.165) is 32.0 Å². The van der Waals surface area contributed by atoms with Crippen molar-refractivity contribution in [2.24, 2.45) is 0 Å². The largest absolute Gasteiger partial charge is 0.435 e. The van der Waals surface area contributed by atoms with Crippen molar-refractivity contribution in [3.8, 4) is 0 Å². The lowest BCUT2D eigenvalue weighted by molar-refractivity contribution is -0.141. The van der Waals surface area contributed by atoms with Crippen LogP contribution in [0.4, 0.5) is 13.2 Å². The summed E-state index contributed by atoms with van der Waals surface area (Å²) in [7, 11) is 0. The van der Waals surface area contributed by atoms with E-state index in [9.17, 15) is 18.0 Å². The van der Waals surface area contributed by atoms with E-state index in [0.29, 0.717) is 31.6 Å². The van der Waals surface area contributed by atoms with Crippen LogP contribution in [0.1, 0.15) is 53.9 Å². The molecule has 1 N–H and O–H groups in total. The molecule has 0 saturated carbocycles. The summed E-state index contributed by atoms with van der Waals surface area (Å²) in [5.74, 6) is -0.127. The van der Waals surface area contributed by atoms with E-state index < -0.39 is 11.9 Å². The summed E-state index contributed by atoms with van der Waals surface area (Å²) < 4.78 is 41.4. The van der Waals surface area contributed by atoms with E-state index in [4.69, 9.17) is 0 Å². The van der Waals surface area contributed by atoms with Crippen molar-refractivity contribution in [1.82, 2.24) is 29.8 Å². The standard InChI is InChI=1S/C18H23F3N6O.ClH/c19-18(20,21)16-6-11-26(24-16)13-3-8-25(9-4-13)17(28)15-5-10-27(23-15)14-2-1-7-22-12-14;/h5-6,10-11,13-14,22H,1-4,7-9,12H2;1H. The third-order valence-corrected chi connectivity index (χ3v) is 5.50. The van der Waals surface area contributed by atoms with Gasteiger partial charge in [-0.1, -0.05) is 0 Å². The first-order valence-electron chi connectivity index (χ1n) is 9.59. The number of carbonyl (C=O) groups excluding carboxylic acids is 1. The number of nitrogens with one attached hydrogen (secondary N) is 1. The van der Waals surface area contributed by atoms with Crippen LogP contribution in [0, 0.1) is 0 Å². The molecule has 0 bridgehead atoms. The van der Waals surface area contributed by atoms with Gasteiger partial charge in [-0.2, -0.15) is 23.4 Å². The number of aromatic nitrogens is 4. The Morgan fingerprint density at radius 3 is 2.34 bits per heavy atom. The highest BCUT2D eigenvalue weighted by Gasteiger charge is 2.35. The zero-order valence-corrected chi connectivity index (χ0v) is 16.6. The maximum atomic E-state index is 12.7. The van der Waals surface area contributed by atoms with Crippen molar-refractivity contribution in [1.29, 1.82) is 0 Å². The highest BCUT2D eigenvalue weighted by molar-refractivity contribution is 5.92. The molecule has 11 heteroatoms. The minimum atomic E-state index is -4.44. The summed E-state index contributed by atoms with van der Waals surface area (Å²) in [6.07, 6.45) is 2.04. The average Bonchev–Trinajstić information content (AvgIpc) is 3.38. The van der Waals surface area contributed by atoms with Gasteiger partial charge in [0.25, 0.3) is 5.91 Å². The van der Waals surface area contributed by atoms with Crippen LogP contribution >= 0.6 is 12.4 Å². The molecule has 0 spiro atoms. The Hall–Kier alpha value is -2.07. The minimum Gasteiger partial charge on any atom is -0.337 e. The minimum absolute atomic E-state index is 0. The van der Waals surface area contributed by atoms with Crippen LogP contribution < -0.4 is 5.32 Å². The van der Waals surface area contributed by atoms with Crippen LogP contribution in [0.15, 0.2) is 24.5 Å². The van der Waals surface area contributed by atoms with Crippen molar-refractivity contribution < 1.29 is 18.0 Å². The van der Waals surface area contributed by atoms with E-state index >= 15 is 0 Å². The van der Waals surface area contributed by atoms with Crippen molar-refractivity contribution in [3.63, 3.8) is 0 Å². The van der Waals surface area contributed by atoms with Crippen LogP contribution in [-0.4, -0.2) is 56.5 Å². The number of hydrogen-bond acceptors (Lipinski definition) is 4. The van der Waals surface area contributed by atoms with E-state index in [2.05, 4.69) is 15.5 Å². The molecule has 2 aromatic rings. The molecule has 0 radical (unpaired) electrons. The fourth-order valence-corrected chi connectivity index (χ4v) is 3.90. The Morgan fingerprint density at radius 1 is 1.03 bits per heavy atom. The van der Waals surface area contributed by atoms with Gasteiger partial charge in [-0.3, -0.25) is 14.2 Å². The average molecular weight is 433 g/mol. The zero-order valence-electron chi connectivity index (χ0n) is 15.8. The summed E-state index contributed by atoms with van der Waals surface area (Å²) in [5, 5.41) is 11.4. The van der Waals surface area contributed by atoms with Gasteiger partial charge in [0.15, 0.2) is 5.69 Å². The molecule has 1 unspecified atom stereocenters. The molecule has 2 aromatic heterocycles. The van der Waals surface area contributed by atoms with E-state index in [1.807, 2.05) is 10.9 Å². The van der Waals surface area contributed by atoms with Crippen molar-refractivity contribution in [2.75, 3.05) is 26.2 Å². The molecule has 160 valence electrons. The van der Waals surface area contributed by atoms with Crippen LogP contribution in [0.3, 0.4) is 0 Å². The summed E-state index contributed by atoms with van der Waals surface area (Å²) >= 11 is 0. The molecular weight excluding hydrogens is 409 g/mol. The van der Waals surface area contributed by atoms with Gasteiger partial charge in [-0.25, -0.2) is 0 Å². The third kappa shape index (κ3) is 4.75. The van der Waals surface area contributed by atoms with Gasteiger partial charge < -0.3 is 10.2 Å². The highest BCUT2D eigenvalue weighted by Crippen LogP contribution is 2.30. The van der Waals surface area contributed by atoms with Crippen molar-refractivity contribution in [2.45, 2.75) is 43.9 Å². The number of likely N-dealkylation sites (tertiary alicyclic amines) is 1. The Balaban J connectivity index is 0.00000240. The summed E-state index contributed by atoms with van der Waals surface area (Å²) in [5.41, 5.74) is -0.462. The number of amides is 1. The monoisotopic (exact) mass is 432 g/mol. The predicted octanol–water partition coefficient (Wildman–Crippen LogP) is 2.92. The molecular formula is C18H24ClF3N6O. The second-order valence-electron chi connectivity index (χ2n) is 7.38. The number of alkyl halides is 3. The van der Waals surface area contributed by atoms with Crippen LogP contribution in [0.25, 0.3) is 0 Å². The Bertz CT molecular complexity index is 822.